The van der Waals surface area contributed by atoms with Gasteiger partial charge in [0, 0.05) is 6.42 Å². The first kappa shape index (κ1) is 13.9. The Morgan fingerprint density at radius 2 is 1.75 bits per heavy atom. The summed E-state index contributed by atoms with van der Waals surface area (Å²) in [7, 11) is 0. The summed E-state index contributed by atoms with van der Waals surface area (Å²) in [6.45, 7) is 0.139. The molecule has 6 heteroatoms. The van der Waals surface area contributed by atoms with Crippen LogP contribution in [0.15, 0.2) is 0 Å². The topological polar surface area (TPSA) is 95.4 Å². The van der Waals surface area contributed by atoms with E-state index in [9.17, 15) is 9.59 Å². The van der Waals surface area contributed by atoms with E-state index in [2.05, 4.69) is 4.74 Å². The van der Waals surface area contributed by atoms with Gasteiger partial charge in [-0.15, -0.1) is 12.4 Å². The van der Waals surface area contributed by atoms with Gasteiger partial charge in [-0.1, -0.05) is 0 Å². The highest BCUT2D eigenvalue weighted by molar-refractivity contribution is 5.86. The Bertz CT molecular complexity index is 152. The van der Waals surface area contributed by atoms with Crippen molar-refractivity contribution in [1.29, 1.82) is 0 Å². The van der Waals surface area contributed by atoms with Gasteiger partial charge in [0.05, 0.1) is 6.54 Å². The number of carbonyl (C=O) groups is 2. The van der Waals surface area contributed by atoms with Crippen molar-refractivity contribution >= 4 is 24.3 Å². The maximum atomic E-state index is 10.6. The standard InChI is InChI=1S/C6H12N2O3.ClH/c7-3-1-2-5(9)11-6(10)4-8;/h1-4,7-8H2;1H. The fraction of sp³-hybridized carbons (Fsp3) is 0.667. The van der Waals surface area contributed by atoms with E-state index in [0.717, 1.165) is 0 Å². The number of nitrogens with two attached hydrogens (primary N) is 2. The molecule has 12 heavy (non-hydrogen) atoms. The van der Waals surface area contributed by atoms with E-state index in [0.29, 0.717) is 13.0 Å². The summed E-state index contributed by atoms with van der Waals surface area (Å²) >= 11 is 0. The zero-order valence-corrected chi connectivity index (χ0v) is 7.43. The summed E-state index contributed by atoms with van der Waals surface area (Å²) in [5, 5.41) is 0. The summed E-state index contributed by atoms with van der Waals surface area (Å²) in [4.78, 5) is 21.0. The average molecular weight is 197 g/mol. The summed E-state index contributed by atoms with van der Waals surface area (Å²) in [6, 6.07) is 0. The molecule has 0 spiro atoms. The minimum Gasteiger partial charge on any atom is -0.392 e. The van der Waals surface area contributed by atoms with Gasteiger partial charge in [0.1, 0.15) is 0 Å². The molecular weight excluding hydrogens is 184 g/mol. The molecule has 0 radical (unpaired) electrons. The lowest BCUT2D eigenvalue weighted by Crippen LogP contribution is -2.20. The van der Waals surface area contributed by atoms with Crippen molar-refractivity contribution in [2.75, 3.05) is 13.1 Å². The van der Waals surface area contributed by atoms with Crippen LogP contribution in [0, 0.1) is 0 Å². The van der Waals surface area contributed by atoms with Gasteiger partial charge in [-0.25, -0.2) is 0 Å². The molecule has 0 bridgehead atoms. The number of rotatable bonds is 4. The maximum absolute atomic E-state index is 10.6. The molecule has 0 unspecified atom stereocenters. The average Bonchev–Trinajstić information content (AvgIpc) is 2.00. The zero-order chi connectivity index (χ0) is 8.69. The predicted molar refractivity (Wildman–Crippen MR) is 45.7 cm³/mol. The van der Waals surface area contributed by atoms with E-state index in [1.807, 2.05) is 0 Å². The van der Waals surface area contributed by atoms with E-state index >= 15 is 0 Å². The van der Waals surface area contributed by atoms with E-state index in [1.54, 1.807) is 0 Å². The van der Waals surface area contributed by atoms with Crippen LogP contribution in [0.5, 0.6) is 0 Å². The molecule has 4 N–H and O–H groups in total. The Kier molecular flexibility index (Phi) is 9.79. The highest BCUT2D eigenvalue weighted by Gasteiger charge is 2.06. The van der Waals surface area contributed by atoms with Gasteiger partial charge in [0.15, 0.2) is 0 Å². The molecule has 0 saturated heterocycles. The number of esters is 2. The summed E-state index contributed by atoms with van der Waals surface area (Å²) < 4.78 is 4.24. The van der Waals surface area contributed by atoms with E-state index in [4.69, 9.17) is 11.5 Å². The SMILES string of the molecule is Cl.NCCCC(=O)OC(=O)CN. The Morgan fingerprint density at radius 3 is 2.17 bits per heavy atom. The molecular formula is C6H13ClN2O3. The number of carbonyl (C=O) groups excluding carboxylic acids is 2. The second kappa shape index (κ2) is 8.45. The second-order valence-corrected chi connectivity index (χ2v) is 1.94. The molecule has 0 fully saturated rings. The van der Waals surface area contributed by atoms with Crippen LogP contribution in [0.4, 0.5) is 0 Å². The molecule has 0 saturated carbocycles. The number of hydrogen-bond acceptors (Lipinski definition) is 5. The fourth-order valence-electron chi connectivity index (χ4n) is 0.466. The van der Waals surface area contributed by atoms with Gasteiger partial charge < -0.3 is 16.2 Å². The van der Waals surface area contributed by atoms with Crippen LogP contribution in [-0.4, -0.2) is 25.0 Å². The normalized spacial score (nSPS) is 8.50. The minimum absolute atomic E-state index is 0. The minimum atomic E-state index is -0.702. The first-order valence-corrected chi connectivity index (χ1v) is 3.34. The summed E-state index contributed by atoms with van der Waals surface area (Å²) in [6.07, 6.45) is 0.693. The molecule has 0 heterocycles. The van der Waals surface area contributed by atoms with Crippen LogP contribution in [0.3, 0.4) is 0 Å². The first-order chi connectivity index (χ1) is 5.20. The van der Waals surface area contributed by atoms with Gasteiger partial charge in [0.25, 0.3) is 0 Å². The first-order valence-electron chi connectivity index (χ1n) is 3.34. The maximum Gasteiger partial charge on any atom is 0.327 e. The molecule has 0 rings (SSSR count). The Hall–Kier alpha value is -0.650. The van der Waals surface area contributed by atoms with Gasteiger partial charge >= 0.3 is 11.9 Å². The van der Waals surface area contributed by atoms with Crippen molar-refractivity contribution in [3.05, 3.63) is 0 Å². The molecule has 0 aliphatic carbocycles. The van der Waals surface area contributed by atoms with Crippen molar-refractivity contribution in [2.24, 2.45) is 11.5 Å². The highest BCUT2D eigenvalue weighted by atomic mass is 35.5. The molecule has 5 nitrogen and oxygen atoms in total. The number of ether oxygens (including phenoxy) is 1. The third kappa shape index (κ3) is 7.46. The van der Waals surface area contributed by atoms with Gasteiger partial charge in [0.2, 0.25) is 0 Å². The summed E-state index contributed by atoms with van der Waals surface area (Å²) in [5.74, 6) is -1.27. The quantitative estimate of drug-likeness (QED) is 0.452. The third-order valence-corrected chi connectivity index (χ3v) is 0.979. The smallest absolute Gasteiger partial charge is 0.327 e. The van der Waals surface area contributed by atoms with Crippen LogP contribution in [-0.2, 0) is 14.3 Å². The fourth-order valence-corrected chi connectivity index (χ4v) is 0.466. The molecule has 0 aliphatic rings. The number of hydrogen-bond donors (Lipinski definition) is 2. The summed E-state index contributed by atoms with van der Waals surface area (Å²) in [5.41, 5.74) is 10.0. The second-order valence-electron chi connectivity index (χ2n) is 1.94. The largest absolute Gasteiger partial charge is 0.392 e. The Labute approximate surface area is 76.8 Å². The third-order valence-electron chi connectivity index (χ3n) is 0.979. The number of halogens is 1. The van der Waals surface area contributed by atoms with Crippen LogP contribution in [0.25, 0.3) is 0 Å². The molecule has 0 aromatic rings. The predicted octanol–water partition coefficient (Wildman–Crippen LogP) is -0.824. The van der Waals surface area contributed by atoms with Crippen molar-refractivity contribution < 1.29 is 14.3 Å². The van der Waals surface area contributed by atoms with Crippen LogP contribution in [0.1, 0.15) is 12.8 Å². The van der Waals surface area contributed by atoms with E-state index in [1.165, 1.54) is 0 Å². The monoisotopic (exact) mass is 196 g/mol. The van der Waals surface area contributed by atoms with Crippen LogP contribution < -0.4 is 11.5 Å². The Morgan fingerprint density at radius 1 is 1.17 bits per heavy atom. The van der Waals surface area contributed by atoms with Crippen molar-refractivity contribution in [3.8, 4) is 0 Å². The van der Waals surface area contributed by atoms with Crippen molar-refractivity contribution in [3.63, 3.8) is 0 Å². The zero-order valence-electron chi connectivity index (χ0n) is 6.62. The van der Waals surface area contributed by atoms with Gasteiger partial charge in [-0.05, 0) is 13.0 Å². The van der Waals surface area contributed by atoms with Gasteiger partial charge in [-0.3, -0.25) is 9.59 Å². The Balaban J connectivity index is 0. The molecule has 0 aliphatic heterocycles. The van der Waals surface area contributed by atoms with Crippen molar-refractivity contribution in [2.45, 2.75) is 12.8 Å². The molecule has 0 atom stereocenters. The van der Waals surface area contributed by atoms with Crippen LogP contribution in [0.2, 0.25) is 0 Å². The molecule has 0 aromatic carbocycles. The molecule has 0 amide bonds. The van der Waals surface area contributed by atoms with Gasteiger partial charge in [-0.2, -0.15) is 0 Å². The highest BCUT2D eigenvalue weighted by Crippen LogP contribution is 1.90. The van der Waals surface area contributed by atoms with Crippen LogP contribution >= 0.6 is 12.4 Å². The van der Waals surface area contributed by atoms with Crippen molar-refractivity contribution in [1.82, 2.24) is 0 Å². The van der Waals surface area contributed by atoms with E-state index < -0.39 is 11.9 Å². The lowest BCUT2D eigenvalue weighted by atomic mass is 10.3. The molecule has 72 valence electrons. The molecule has 0 aromatic heterocycles. The lowest BCUT2D eigenvalue weighted by Gasteiger charge is -1.98. The lowest BCUT2D eigenvalue weighted by molar-refractivity contribution is -0.158. The van der Waals surface area contributed by atoms with E-state index in [-0.39, 0.29) is 25.4 Å².